The van der Waals surface area contributed by atoms with Gasteiger partial charge in [-0.2, -0.15) is 0 Å². The van der Waals surface area contributed by atoms with E-state index >= 15 is 0 Å². The molecule has 2 heterocycles. The molecule has 7 nitrogen and oxygen atoms in total. The Morgan fingerprint density at radius 3 is 2.50 bits per heavy atom. The number of rotatable bonds is 3. The van der Waals surface area contributed by atoms with E-state index in [9.17, 15) is 9.59 Å². The van der Waals surface area contributed by atoms with Gasteiger partial charge in [0.1, 0.15) is 17.5 Å². The lowest BCUT2D eigenvalue weighted by Crippen LogP contribution is -2.46. The Morgan fingerprint density at radius 1 is 1.07 bits per heavy atom. The van der Waals surface area contributed by atoms with Crippen LogP contribution in [0, 0.1) is 0 Å². The molecule has 154 valence electrons. The van der Waals surface area contributed by atoms with Gasteiger partial charge in [0.15, 0.2) is 0 Å². The van der Waals surface area contributed by atoms with Gasteiger partial charge in [-0.1, -0.05) is 12.1 Å². The van der Waals surface area contributed by atoms with Crippen molar-refractivity contribution in [1.82, 2.24) is 9.80 Å². The van der Waals surface area contributed by atoms with Crippen LogP contribution in [0.25, 0.3) is 0 Å². The molecule has 1 atom stereocenters. The second kappa shape index (κ2) is 8.82. The minimum Gasteiger partial charge on any atom is -0.488 e. The first-order valence-corrected chi connectivity index (χ1v) is 9.94. The topological polar surface area (TPSA) is 68.3 Å². The van der Waals surface area contributed by atoms with Crippen molar-refractivity contribution in [1.29, 1.82) is 0 Å². The van der Waals surface area contributed by atoms with Crippen molar-refractivity contribution >= 4 is 12.0 Å². The van der Waals surface area contributed by atoms with E-state index in [0.29, 0.717) is 50.7 Å². The quantitative estimate of drug-likeness (QED) is 0.794. The number of carbonyl (C=O) groups excluding carboxylic acids is 2. The highest BCUT2D eigenvalue weighted by Gasteiger charge is 2.30. The summed E-state index contributed by atoms with van der Waals surface area (Å²) in [7, 11) is 0. The zero-order valence-electron chi connectivity index (χ0n) is 17.0. The fourth-order valence-corrected chi connectivity index (χ4v) is 3.39. The van der Waals surface area contributed by atoms with E-state index in [1.54, 1.807) is 15.9 Å². The maximum Gasteiger partial charge on any atom is 0.410 e. The summed E-state index contributed by atoms with van der Waals surface area (Å²) in [6.45, 7) is 8.97. The van der Waals surface area contributed by atoms with Gasteiger partial charge >= 0.3 is 6.09 Å². The lowest BCUT2D eigenvalue weighted by atomic mass is 10.1. The van der Waals surface area contributed by atoms with Gasteiger partial charge in [-0.25, -0.2) is 4.79 Å². The van der Waals surface area contributed by atoms with Gasteiger partial charge in [0, 0.05) is 19.6 Å². The number of hydrogen-bond acceptors (Lipinski definition) is 5. The lowest BCUT2D eigenvalue weighted by Gasteiger charge is -2.34. The third-order valence-electron chi connectivity index (χ3n) is 4.74. The van der Waals surface area contributed by atoms with Gasteiger partial charge in [-0.05, 0) is 45.7 Å². The molecule has 0 aromatic heterocycles. The molecule has 7 heteroatoms. The summed E-state index contributed by atoms with van der Waals surface area (Å²) in [5, 5.41) is 0. The Labute approximate surface area is 166 Å². The molecule has 2 saturated heterocycles. The average Bonchev–Trinajstić information content (AvgIpc) is 2.67. The molecule has 0 aliphatic carbocycles. The predicted molar refractivity (Wildman–Crippen MR) is 105 cm³/mol. The second-order valence-electron chi connectivity index (χ2n) is 8.21. The third kappa shape index (κ3) is 5.38. The number of nitrogens with zero attached hydrogens (tertiary/aromatic N) is 2. The van der Waals surface area contributed by atoms with Crippen LogP contribution in [0.4, 0.5) is 4.79 Å². The maximum atomic E-state index is 12.9. The number of carbonyl (C=O) groups is 2. The first-order valence-electron chi connectivity index (χ1n) is 9.94. The van der Waals surface area contributed by atoms with E-state index in [0.717, 1.165) is 12.8 Å². The Balaban J connectivity index is 1.66. The van der Waals surface area contributed by atoms with Crippen molar-refractivity contribution in [2.45, 2.75) is 45.3 Å². The number of amides is 2. The van der Waals surface area contributed by atoms with E-state index in [2.05, 4.69) is 0 Å². The zero-order chi connectivity index (χ0) is 20.1. The first kappa shape index (κ1) is 20.5. The monoisotopic (exact) mass is 390 g/mol. The summed E-state index contributed by atoms with van der Waals surface area (Å²) < 4.78 is 17.0. The van der Waals surface area contributed by atoms with Crippen LogP contribution in [0.2, 0.25) is 0 Å². The Kier molecular flexibility index (Phi) is 6.44. The second-order valence-corrected chi connectivity index (χ2v) is 8.21. The van der Waals surface area contributed by atoms with Gasteiger partial charge < -0.3 is 24.0 Å². The minimum absolute atomic E-state index is 0.0429. The van der Waals surface area contributed by atoms with Crippen LogP contribution in [0.5, 0.6) is 5.75 Å². The van der Waals surface area contributed by atoms with Crippen molar-refractivity contribution in [3.63, 3.8) is 0 Å². The summed E-state index contributed by atoms with van der Waals surface area (Å²) in [6.07, 6.45) is 1.18. The van der Waals surface area contributed by atoms with Gasteiger partial charge in [0.2, 0.25) is 0 Å². The highest BCUT2D eigenvalue weighted by molar-refractivity contribution is 5.97. The zero-order valence-corrected chi connectivity index (χ0v) is 17.0. The van der Waals surface area contributed by atoms with E-state index in [1.807, 2.05) is 39.0 Å². The van der Waals surface area contributed by atoms with Crippen molar-refractivity contribution in [3.05, 3.63) is 29.8 Å². The van der Waals surface area contributed by atoms with Crippen LogP contribution in [-0.2, 0) is 9.47 Å². The van der Waals surface area contributed by atoms with Crippen LogP contribution in [0.3, 0.4) is 0 Å². The van der Waals surface area contributed by atoms with Gasteiger partial charge in [0.05, 0.1) is 25.3 Å². The van der Waals surface area contributed by atoms with E-state index in [4.69, 9.17) is 14.2 Å². The SMILES string of the molecule is CC(C)(C)OC(=O)N1CCCC(Oc2ccccc2C(=O)N2CCOCC2)C1. The molecule has 3 rings (SSSR count). The fraction of sp³-hybridized carbons (Fsp3) is 0.619. The van der Waals surface area contributed by atoms with Gasteiger partial charge in [-0.3, -0.25) is 4.79 Å². The summed E-state index contributed by atoms with van der Waals surface area (Å²) in [6, 6.07) is 7.32. The van der Waals surface area contributed by atoms with E-state index in [-0.39, 0.29) is 18.1 Å². The molecule has 1 aromatic carbocycles. The van der Waals surface area contributed by atoms with E-state index in [1.165, 1.54) is 0 Å². The molecular formula is C21H30N2O5. The number of para-hydroxylation sites is 1. The van der Waals surface area contributed by atoms with E-state index < -0.39 is 5.60 Å². The number of ether oxygens (including phenoxy) is 3. The van der Waals surface area contributed by atoms with Crippen molar-refractivity contribution in [2.75, 3.05) is 39.4 Å². The molecule has 0 radical (unpaired) electrons. The van der Waals surface area contributed by atoms with Crippen LogP contribution in [0.1, 0.15) is 44.0 Å². The standard InChI is InChI=1S/C21H30N2O5/c1-21(2,3)28-20(25)23-10-6-7-16(15-23)27-18-9-5-4-8-17(18)19(24)22-11-13-26-14-12-22/h4-5,8-9,16H,6-7,10-15H2,1-3H3. The van der Waals surface area contributed by atoms with Crippen LogP contribution in [0.15, 0.2) is 24.3 Å². The molecule has 2 fully saturated rings. The molecule has 2 amide bonds. The van der Waals surface area contributed by atoms with Crippen molar-refractivity contribution in [2.24, 2.45) is 0 Å². The molecular weight excluding hydrogens is 360 g/mol. The van der Waals surface area contributed by atoms with Crippen LogP contribution in [-0.4, -0.2) is 72.9 Å². The summed E-state index contributed by atoms with van der Waals surface area (Å²) in [4.78, 5) is 28.7. The van der Waals surface area contributed by atoms with Gasteiger partial charge in [-0.15, -0.1) is 0 Å². The fourth-order valence-electron chi connectivity index (χ4n) is 3.39. The van der Waals surface area contributed by atoms with Crippen LogP contribution >= 0.6 is 0 Å². The largest absolute Gasteiger partial charge is 0.488 e. The minimum atomic E-state index is -0.526. The van der Waals surface area contributed by atoms with Crippen LogP contribution < -0.4 is 4.74 Å². The Bertz CT molecular complexity index is 694. The Morgan fingerprint density at radius 2 is 1.79 bits per heavy atom. The molecule has 2 aliphatic heterocycles. The smallest absolute Gasteiger partial charge is 0.410 e. The number of likely N-dealkylation sites (tertiary alicyclic amines) is 1. The maximum absolute atomic E-state index is 12.9. The summed E-state index contributed by atoms with van der Waals surface area (Å²) in [5.74, 6) is 0.522. The highest BCUT2D eigenvalue weighted by atomic mass is 16.6. The Hall–Kier alpha value is -2.28. The molecule has 2 aliphatic rings. The van der Waals surface area contributed by atoms with Crippen molar-refractivity contribution < 1.29 is 23.8 Å². The first-order chi connectivity index (χ1) is 13.3. The summed E-state index contributed by atoms with van der Waals surface area (Å²) in [5.41, 5.74) is 0.0287. The molecule has 0 bridgehead atoms. The number of hydrogen-bond donors (Lipinski definition) is 0. The third-order valence-corrected chi connectivity index (χ3v) is 4.74. The normalized spacial score (nSPS) is 20.6. The lowest BCUT2D eigenvalue weighted by molar-refractivity contribution is 0.00735. The molecule has 1 unspecified atom stereocenters. The van der Waals surface area contributed by atoms with Crippen molar-refractivity contribution in [3.8, 4) is 5.75 Å². The molecule has 1 aromatic rings. The highest BCUT2D eigenvalue weighted by Crippen LogP contribution is 2.25. The summed E-state index contributed by atoms with van der Waals surface area (Å²) >= 11 is 0. The van der Waals surface area contributed by atoms with Gasteiger partial charge in [0.25, 0.3) is 5.91 Å². The molecule has 0 saturated carbocycles. The number of benzene rings is 1. The predicted octanol–water partition coefficient (Wildman–Crippen LogP) is 2.94. The molecule has 0 N–H and O–H groups in total. The molecule has 28 heavy (non-hydrogen) atoms. The number of piperidine rings is 1. The average molecular weight is 390 g/mol. The number of morpholine rings is 1. The molecule has 0 spiro atoms.